The molecule has 1 heterocycles. The van der Waals surface area contributed by atoms with Crippen LogP contribution in [0, 0.1) is 23.7 Å². The first kappa shape index (κ1) is 13.4. The molecular formula is C19H32N2. The second kappa shape index (κ2) is 4.96. The lowest BCUT2D eigenvalue weighted by Gasteiger charge is -2.50. The van der Waals surface area contributed by atoms with Crippen molar-refractivity contribution in [2.45, 2.75) is 75.8 Å². The highest BCUT2D eigenvalue weighted by Crippen LogP contribution is 2.50. The van der Waals surface area contributed by atoms with Gasteiger partial charge in [0, 0.05) is 31.2 Å². The van der Waals surface area contributed by atoms with Crippen molar-refractivity contribution in [1.82, 2.24) is 10.2 Å². The minimum atomic E-state index is 0.563. The number of nitrogens with zero attached hydrogens (tertiary/aromatic N) is 1. The molecule has 5 aliphatic rings. The van der Waals surface area contributed by atoms with Crippen LogP contribution in [-0.2, 0) is 0 Å². The van der Waals surface area contributed by atoms with Gasteiger partial charge in [0.1, 0.15) is 0 Å². The second-order valence-corrected chi connectivity index (χ2v) is 9.10. The van der Waals surface area contributed by atoms with E-state index < -0.39 is 0 Å². The summed E-state index contributed by atoms with van der Waals surface area (Å²) in [6.45, 7) is 4.12. The summed E-state index contributed by atoms with van der Waals surface area (Å²) in [5.41, 5.74) is 0.563. The van der Waals surface area contributed by atoms with E-state index in [-0.39, 0.29) is 0 Å². The Hall–Kier alpha value is -0.0800. The minimum Gasteiger partial charge on any atom is -0.311 e. The fourth-order valence-corrected chi connectivity index (χ4v) is 6.42. The molecule has 118 valence electrons. The molecule has 5 fully saturated rings. The monoisotopic (exact) mass is 288 g/mol. The first-order valence-electron chi connectivity index (χ1n) is 9.81. The SMILES string of the molecule is C1CCC2(C1)CNC(C1CC1)CN2CC1CC2CCC1C2. The summed E-state index contributed by atoms with van der Waals surface area (Å²) in [7, 11) is 0. The first-order chi connectivity index (χ1) is 10.3. The van der Waals surface area contributed by atoms with Crippen LogP contribution in [0.3, 0.4) is 0 Å². The maximum Gasteiger partial charge on any atom is 0.0334 e. The van der Waals surface area contributed by atoms with Crippen molar-refractivity contribution in [3.8, 4) is 0 Å². The van der Waals surface area contributed by atoms with Crippen LogP contribution in [0.2, 0.25) is 0 Å². The van der Waals surface area contributed by atoms with Gasteiger partial charge in [0.2, 0.25) is 0 Å². The molecule has 2 bridgehead atoms. The molecule has 4 aliphatic carbocycles. The molecule has 4 unspecified atom stereocenters. The highest BCUT2D eigenvalue weighted by atomic mass is 15.3. The summed E-state index contributed by atoms with van der Waals surface area (Å²) in [6.07, 6.45) is 15.1. The van der Waals surface area contributed by atoms with E-state index in [0.717, 1.165) is 29.7 Å². The van der Waals surface area contributed by atoms with E-state index in [0.29, 0.717) is 5.54 Å². The largest absolute Gasteiger partial charge is 0.311 e. The number of piperazine rings is 1. The Morgan fingerprint density at radius 1 is 0.952 bits per heavy atom. The van der Waals surface area contributed by atoms with Crippen molar-refractivity contribution in [1.29, 1.82) is 0 Å². The van der Waals surface area contributed by atoms with Crippen molar-refractivity contribution in [3.05, 3.63) is 0 Å². The third kappa shape index (κ3) is 2.28. The Kier molecular flexibility index (Phi) is 3.16. The lowest BCUT2D eigenvalue weighted by molar-refractivity contribution is 0.0174. The lowest BCUT2D eigenvalue weighted by Crippen LogP contribution is -2.65. The molecule has 2 nitrogen and oxygen atoms in total. The Bertz CT molecular complexity index is 396. The van der Waals surface area contributed by atoms with Gasteiger partial charge in [0.05, 0.1) is 0 Å². The van der Waals surface area contributed by atoms with Gasteiger partial charge in [0.15, 0.2) is 0 Å². The Balaban J connectivity index is 1.32. The number of fused-ring (bicyclic) bond motifs is 2. The summed E-state index contributed by atoms with van der Waals surface area (Å²) in [4.78, 5) is 3.02. The van der Waals surface area contributed by atoms with Crippen LogP contribution in [0.4, 0.5) is 0 Å². The summed E-state index contributed by atoms with van der Waals surface area (Å²) in [5, 5.41) is 3.96. The predicted molar refractivity (Wildman–Crippen MR) is 86.2 cm³/mol. The van der Waals surface area contributed by atoms with Crippen LogP contribution in [0.1, 0.15) is 64.2 Å². The summed E-state index contributed by atoms with van der Waals surface area (Å²) >= 11 is 0. The van der Waals surface area contributed by atoms with Gasteiger partial charge in [-0.2, -0.15) is 0 Å². The van der Waals surface area contributed by atoms with Gasteiger partial charge in [-0.1, -0.05) is 19.3 Å². The zero-order valence-corrected chi connectivity index (χ0v) is 13.5. The number of hydrogen-bond acceptors (Lipinski definition) is 2. The fourth-order valence-electron chi connectivity index (χ4n) is 6.42. The van der Waals surface area contributed by atoms with Crippen molar-refractivity contribution in [2.24, 2.45) is 23.7 Å². The van der Waals surface area contributed by atoms with Gasteiger partial charge in [-0.15, -0.1) is 0 Å². The van der Waals surface area contributed by atoms with Crippen molar-refractivity contribution in [2.75, 3.05) is 19.6 Å². The van der Waals surface area contributed by atoms with E-state index in [1.807, 2.05) is 0 Å². The molecule has 0 aromatic rings. The topological polar surface area (TPSA) is 15.3 Å². The van der Waals surface area contributed by atoms with Crippen molar-refractivity contribution >= 4 is 0 Å². The lowest BCUT2D eigenvalue weighted by atomic mass is 9.84. The maximum absolute atomic E-state index is 3.96. The molecule has 0 aromatic carbocycles. The van der Waals surface area contributed by atoms with E-state index in [1.54, 1.807) is 25.7 Å². The number of hydrogen-bond donors (Lipinski definition) is 1. The molecule has 4 atom stereocenters. The predicted octanol–water partition coefficient (Wildman–Crippen LogP) is 3.42. The third-order valence-corrected chi connectivity index (χ3v) is 7.85. The summed E-state index contributed by atoms with van der Waals surface area (Å²) in [5.74, 6) is 4.29. The third-order valence-electron chi connectivity index (χ3n) is 7.85. The van der Waals surface area contributed by atoms with E-state index in [1.165, 1.54) is 58.2 Å². The molecule has 4 saturated carbocycles. The van der Waals surface area contributed by atoms with Crippen LogP contribution in [0.5, 0.6) is 0 Å². The van der Waals surface area contributed by atoms with E-state index >= 15 is 0 Å². The standard InChI is InChI=1S/C19H32N2/c1-2-8-19(7-1)13-20-18(15-5-6-15)12-21(19)11-17-10-14-3-4-16(17)9-14/h14-18,20H,1-13H2. The van der Waals surface area contributed by atoms with Gasteiger partial charge in [-0.3, -0.25) is 4.90 Å². The highest BCUT2D eigenvalue weighted by molar-refractivity contribution is 5.05. The molecule has 0 aromatic heterocycles. The number of nitrogens with one attached hydrogen (secondary N) is 1. The van der Waals surface area contributed by atoms with Gasteiger partial charge >= 0.3 is 0 Å². The molecule has 5 rings (SSSR count). The normalized spacial score (nSPS) is 45.7. The molecular weight excluding hydrogens is 256 g/mol. The summed E-state index contributed by atoms with van der Waals surface area (Å²) < 4.78 is 0. The van der Waals surface area contributed by atoms with Crippen LogP contribution in [0.25, 0.3) is 0 Å². The van der Waals surface area contributed by atoms with Crippen LogP contribution in [-0.4, -0.2) is 36.1 Å². The zero-order valence-electron chi connectivity index (χ0n) is 13.5. The van der Waals surface area contributed by atoms with Gasteiger partial charge in [-0.25, -0.2) is 0 Å². The first-order valence-corrected chi connectivity index (χ1v) is 9.81. The van der Waals surface area contributed by atoms with Crippen LogP contribution in [0.15, 0.2) is 0 Å². The molecule has 0 amide bonds. The molecule has 1 aliphatic heterocycles. The molecule has 21 heavy (non-hydrogen) atoms. The number of rotatable bonds is 3. The van der Waals surface area contributed by atoms with E-state index in [2.05, 4.69) is 10.2 Å². The molecule has 2 heteroatoms. The van der Waals surface area contributed by atoms with Gasteiger partial charge < -0.3 is 5.32 Å². The minimum absolute atomic E-state index is 0.563. The average Bonchev–Trinajstić information content (AvgIpc) is 2.92. The Morgan fingerprint density at radius 2 is 1.76 bits per heavy atom. The zero-order chi connectivity index (χ0) is 13.9. The van der Waals surface area contributed by atoms with Crippen LogP contribution >= 0.6 is 0 Å². The van der Waals surface area contributed by atoms with Crippen molar-refractivity contribution < 1.29 is 0 Å². The molecule has 1 spiro atoms. The highest BCUT2D eigenvalue weighted by Gasteiger charge is 2.48. The average molecular weight is 288 g/mol. The molecule has 1 saturated heterocycles. The molecule has 0 radical (unpaired) electrons. The maximum atomic E-state index is 3.96. The molecule has 1 N–H and O–H groups in total. The Labute approximate surface area is 130 Å². The van der Waals surface area contributed by atoms with Crippen molar-refractivity contribution in [3.63, 3.8) is 0 Å². The van der Waals surface area contributed by atoms with Crippen LogP contribution < -0.4 is 5.32 Å². The van der Waals surface area contributed by atoms with E-state index in [9.17, 15) is 0 Å². The van der Waals surface area contributed by atoms with Gasteiger partial charge in [0.25, 0.3) is 0 Å². The quantitative estimate of drug-likeness (QED) is 0.856. The Morgan fingerprint density at radius 3 is 2.43 bits per heavy atom. The smallest absolute Gasteiger partial charge is 0.0334 e. The summed E-state index contributed by atoms with van der Waals surface area (Å²) in [6, 6.07) is 0.829. The van der Waals surface area contributed by atoms with E-state index in [4.69, 9.17) is 0 Å². The fraction of sp³-hybridized carbons (Fsp3) is 1.00. The van der Waals surface area contributed by atoms with Gasteiger partial charge in [-0.05, 0) is 68.6 Å². The second-order valence-electron chi connectivity index (χ2n) is 9.10.